The third-order valence-corrected chi connectivity index (χ3v) is 6.82. The van der Waals surface area contributed by atoms with Crippen LogP contribution in [-0.4, -0.2) is 41.4 Å². The number of carbonyl (C=O) groups is 1. The van der Waals surface area contributed by atoms with Crippen LogP contribution in [0.15, 0.2) is 90.6 Å². The fourth-order valence-electron chi connectivity index (χ4n) is 3.70. The van der Waals surface area contributed by atoms with Crippen LogP contribution in [0.5, 0.6) is 0 Å². The average Bonchev–Trinajstić information content (AvgIpc) is 3.52. The molecule has 2 N–H and O–H groups in total. The van der Waals surface area contributed by atoms with Crippen LogP contribution in [0.25, 0.3) is 11.0 Å². The maximum atomic E-state index is 12.8. The van der Waals surface area contributed by atoms with E-state index < -0.39 is 5.60 Å². The zero-order valence-electron chi connectivity index (χ0n) is 17.9. The molecule has 0 fully saturated rings. The summed E-state index contributed by atoms with van der Waals surface area (Å²) in [6.45, 7) is 0.220. The minimum atomic E-state index is -1.24. The summed E-state index contributed by atoms with van der Waals surface area (Å²) in [6, 6.07) is 21.7. The van der Waals surface area contributed by atoms with Gasteiger partial charge in [-0.05, 0) is 35.9 Å². The predicted molar refractivity (Wildman–Crippen MR) is 132 cm³/mol. The maximum Gasteiger partial charge on any atom is 0.193 e. The number of hydrogen-bond donors (Lipinski definition) is 2. The Morgan fingerprint density at radius 3 is 2.59 bits per heavy atom. The van der Waals surface area contributed by atoms with Gasteiger partial charge in [0, 0.05) is 21.9 Å². The summed E-state index contributed by atoms with van der Waals surface area (Å²) in [5.74, 6) is 0.265. The number of thioether (sulfide) groups is 1. The first kappa shape index (κ1) is 22.3. The number of benzene rings is 3. The Morgan fingerprint density at radius 1 is 1.06 bits per heavy atom. The van der Waals surface area contributed by atoms with E-state index in [-0.39, 0.29) is 12.3 Å². The van der Waals surface area contributed by atoms with Gasteiger partial charge in [-0.1, -0.05) is 65.8 Å². The second-order valence-electron chi connectivity index (χ2n) is 7.89. The van der Waals surface area contributed by atoms with Crippen LogP contribution in [-0.2, 0) is 12.1 Å². The van der Waals surface area contributed by atoms with E-state index >= 15 is 0 Å². The molecule has 7 nitrogen and oxygen atoms in total. The molecule has 3 aromatic carbocycles. The van der Waals surface area contributed by atoms with E-state index in [1.807, 2.05) is 30.3 Å². The van der Waals surface area contributed by atoms with Gasteiger partial charge in [-0.3, -0.25) is 4.79 Å². The Morgan fingerprint density at radius 2 is 1.85 bits per heavy atom. The zero-order valence-corrected chi connectivity index (χ0v) is 19.5. The van der Waals surface area contributed by atoms with E-state index in [4.69, 9.17) is 11.6 Å². The van der Waals surface area contributed by atoms with Gasteiger partial charge in [0.2, 0.25) is 0 Å². The Balaban J connectivity index is 1.38. The molecule has 0 radical (unpaired) electrons. The highest BCUT2D eigenvalue weighted by Crippen LogP contribution is 2.32. The van der Waals surface area contributed by atoms with Gasteiger partial charge in [-0.2, -0.15) is 5.10 Å². The lowest BCUT2D eigenvalue weighted by Crippen LogP contribution is -2.34. The summed E-state index contributed by atoms with van der Waals surface area (Å²) in [5, 5.41) is 17.0. The summed E-state index contributed by atoms with van der Waals surface area (Å²) in [6.07, 6.45) is 3.00. The highest BCUT2D eigenvalue weighted by atomic mass is 35.5. The quantitative estimate of drug-likeness (QED) is 0.242. The lowest BCUT2D eigenvalue weighted by Gasteiger charge is -2.28. The van der Waals surface area contributed by atoms with Crippen LogP contribution in [0.3, 0.4) is 0 Å². The SMILES string of the molecule is O=C(c1ccccc1)c1ccc2nc(SCC(O)(Cn3cncn3)c3ccc(Cl)cc3)[nH]c2c1. The lowest BCUT2D eigenvalue weighted by atomic mass is 9.96. The number of aromatic nitrogens is 5. The van der Waals surface area contributed by atoms with E-state index in [0.29, 0.717) is 32.6 Å². The predicted octanol–water partition coefficient (Wildman–Crippen LogP) is 4.72. The number of aliphatic hydroxyl groups is 1. The minimum absolute atomic E-state index is 0.0451. The molecular weight excluding hydrogens is 470 g/mol. The molecule has 0 amide bonds. The topological polar surface area (TPSA) is 96.7 Å². The fourth-order valence-corrected chi connectivity index (χ4v) is 4.81. The summed E-state index contributed by atoms with van der Waals surface area (Å²) in [5.41, 5.74) is 2.21. The van der Waals surface area contributed by atoms with Crippen LogP contribution in [0.2, 0.25) is 5.02 Å². The number of nitrogens with one attached hydrogen (secondary N) is 1. The summed E-state index contributed by atoms with van der Waals surface area (Å²) >= 11 is 7.43. The molecule has 170 valence electrons. The Kier molecular flexibility index (Phi) is 6.19. The van der Waals surface area contributed by atoms with Crippen molar-refractivity contribution in [2.24, 2.45) is 0 Å². The van der Waals surface area contributed by atoms with Crippen molar-refractivity contribution in [3.05, 3.63) is 107 Å². The second-order valence-corrected chi connectivity index (χ2v) is 9.29. The van der Waals surface area contributed by atoms with Crippen molar-refractivity contribution in [1.29, 1.82) is 0 Å². The van der Waals surface area contributed by atoms with E-state index in [1.54, 1.807) is 53.5 Å². The van der Waals surface area contributed by atoms with Crippen molar-refractivity contribution in [2.45, 2.75) is 17.3 Å². The lowest BCUT2D eigenvalue weighted by molar-refractivity contribution is 0.0396. The van der Waals surface area contributed by atoms with Gasteiger partial charge in [0.25, 0.3) is 0 Å². The molecule has 0 saturated carbocycles. The van der Waals surface area contributed by atoms with Crippen molar-refractivity contribution < 1.29 is 9.90 Å². The van der Waals surface area contributed by atoms with E-state index in [0.717, 1.165) is 11.0 Å². The summed E-state index contributed by atoms with van der Waals surface area (Å²) < 4.78 is 1.59. The van der Waals surface area contributed by atoms with Gasteiger partial charge in [-0.25, -0.2) is 14.6 Å². The van der Waals surface area contributed by atoms with Crippen molar-refractivity contribution in [3.63, 3.8) is 0 Å². The monoisotopic (exact) mass is 489 g/mol. The summed E-state index contributed by atoms with van der Waals surface area (Å²) in [7, 11) is 0. The molecule has 9 heteroatoms. The third-order valence-electron chi connectivity index (χ3n) is 5.48. The van der Waals surface area contributed by atoms with Gasteiger partial charge in [0.1, 0.15) is 18.3 Å². The molecular formula is C25H20ClN5O2S. The van der Waals surface area contributed by atoms with Gasteiger partial charge in [0.05, 0.1) is 17.6 Å². The molecule has 2 aromatic heterocycles. The number of aromatic amines is 1. The molecule has 5 rings (SSSR count). The van der Waals surface area contributed by atoms with Crippen LogP contribution in [0.4, 0.5) is 0 Å². The number of fused-ring (bicyclic) bond motifs is 1. The summed E-state index contributed by atoms with van der Waals surface area (Å²) in [4.78, 5) is 24.7. The average molecular weight is 490 g/mol. The third kappa shape index (κ3) is 4.75. The number of ketones is 1. The molecule has 0 spiro atoms. The number of imidazole rings is 1. The highest BCUT2D eigenvalue weighted by molar-refractivity contribution is 7.99. The molecule has 0 aliphatic carbocycles. The number of H-pyrrole nitrogens is 1. The van der Waals surface area contributed by atoms with Gasteiger partial charge in [-0.15, -0.1) is 0 Å². The standard InChI is InChI=1S/C25H20ClN5O2S/c26-20-9-7-19(8-10-20)25(33,13-31-16-27-15-28-31)14-34-24-29-21-11-6-18(12-22(21)30-24)23(32)17-4-2-1-3-5-17/h1-12,15-16,33H,13-14H2,(H,29,30). The van der Waals surface area contributed by atoms with E-state index in [2.05, 4.69) is 20.1 Å². The van der Waals surface area contributed by atoms with Crippen molar-refractivity contribution in [2.75, 3.05) is 5.75 Å². The Labute approximate surface area is 204 Å². The van der Waals surface area contributed by atoms with Crippen molar-refractivity contribution >= 4 is 40.2 Å². The molecule has 2 heterocycles. The van der Waals surface area contributed by atoms with Crippen molar-refractivity contribution in [1.82, 2.24) is 24.7 Å². The number of rotatable bonds is 8. The van der Waals surface area contributed by atoms with Crippen molar-refractivity contribution in [3.8, 4) is 0 Å². The molecule has 0 bridgehead atoms. The Hall–Kier alpha value is -3.46. The van der Waals surface area contributed by atoms with Crippen LogP contribution >= 0.6 is 23.4 Å². The molecule has 5 aromatic rings. The Bertz CT molecular complexity index is 1420. The van der Waals surface area contributed by atoms with E-state index in [9.17, 15) is 9.90 Å². The fraction of sp³-hybridized carbons (Fsp3) is 0.120. The van der Waals surface area contributed by atoms with Gasteiger partial charge >= 0.3 is 0 Å². The molecule has 1 unspecified atom stereocenters. The largest absolute Gasteiger partial charge is 0.382 e. The van der Waals surface area contributed by atoms with Gasteiger partial charge in [0.15, 0.2) is 10.9 Å². The maximum absolute atomic E-state index is 12.8. The second kappa shape index (κ2) is 9.42. The first-order chi connectivity index (χ1) is 16.5. The minimum Gasteiger partial charge on any atom is -0.382 e. The van der Waals surface area contributed by atoms with Gasteiger partial charge < -0.3 is 10.1 Å². The molecule has 1 atom stereocenters. The number of nitrogens with zero attached hydrogens (tertiary/aromatic N) is 4. The first-order valence-corrected chi connectivity index (χ1v) is 11.9. The van der Waals surface area contributed by atoms with E-state index in [1.165, 1.54) is 18.1 Å². The molecule has 0 aliphatic heterocycles. The van der Waals surface area contributed by atoms with Crippen LogP contribution < -0.4 is 0 Å². The molecule has 34 heavy (non-hydrogen) atoms. The number of hydrogen-bond acceptors (Lipinski definition) is 6. The number of halogens is 1. The first-order valence-electron chi connectivity index (χ1n) is 10.5. The van der Waals surface area contributed by atoms with Crippen LogP contribution in [0.1, 0.15) is 21.5 Å². The molecule has 0 saturated heterocycles. The zero-order chi connectivity index (χ0) is 23.5. The normalized spacial score (nSPS) is 13.1. The highest BCUT2D eigenvalue weighted by Gasteiger charge is 2.31. The smallest absolute Gasteiger partial charge is 0.193 e. The van der Waals surface area contributed by atoms with Crippen LogP contribution in [0, 0.1) is 0 Å². The number of carbonyl (C=O) groups excluding carboxylic acids is 1. The molecule has 0 aliphatic rings.